The Kier molecular flexibility index (Phi) is 2.17. The highest BCUT2D eigenvalue weighted by molar-refractivity contribution is 5.80. The molecule has 0 fully saturated rings. The predicted octanol–water partition coefficient (Wildman–Crippen LogP) is 3.41. The summed E-state index contributed by atoms with van der Waals surface area (Å²) < 4.78 is 42.1. The number of aromatic nitrogens is 1. The minimum atomic E-state index is -4.32. The molecule has 2 aromatic rings. The van der Waals surface area contributed by atoms with E-state index >= 15 is 0 Å². The second kappa shape index (κ2) is 3.25. The van der Waals surface area contributed by atoms with Crippen LogP contribution in [0.15, 0.2) is 22.7 Å². The lowest BCUT2D eigenvalue weighted by Crippen LogP contribution is -2.04. The van der Waals surface area contributed by atoms with Crippen LogP contribution in [0.3, 0.4) is 0 Å². The summed E-state index contributed by atoms with van der Waals surface area (Å²) in [6.07, 6.45) is -3.77. The minimum Gasteiger partial charge on any atom is -0.356 e. The minimum absolute atomic E-state index is 0.389. The molecule has 1 aromatic heterocycles. The van der Waals surface area contributed by atoms with E-state index in [1.807, 2.05) is 6.92 Å². The van der Waals surface area contributed by atoms with Crippen molar-refractivity contribution in [2.24, 2.45) is 0 Å². The fraction of sp³-hybridized carbons (Fsp3) is 0.300. The van der Waals surface area contributed by atoms with Crippen LogP contribution in [0.4, 0.5) is 13.2 Å². The molecule has 0 radical (unpaired) electrons. The van der Waals surface area contributed by atoms with Gasteiger partial charge in [0.25, 0.3) is 0 Å². The van der Waals surface area contributed by atoms with Crippen molar-refractivity contribution in [2.45, 2.75) is 19.5 Å². The van der Waals surface area contributed by atoms with Crippen LogP contribution in [0.5, 0.6) is 0 Å². The molecule has 0 saturated heterocycles. The van der Waals surface area contributed by atoms with Gasteiger partial charge in [-0.05, 0) is 24.6 Å². The van der Waals surface area contributed by atoms with Crippen molar-refractivity contribution in [3.05, 3.63) is 29.5 Å². The number of hydrogen-bond donors (Lipinski definition) is 0. The van der Waals surface area contributed by atoms with Crippen molar-refractivity contribution in [1.82, 2.24) is 5.16 Å². The molecule has 80 valence electrons. The van der Waals surface area contributed by atoms with Crippen molar-refractivity contribution < 1.29 is 17.7 Å². The number of rotatable bonds is 1. The van der Waals surface area contributed by atoms with Gasteiger partial charge in [0, 0.05) is 5.39 Å². The summed E-state index contributed by atoms with van der Waals surface area (Å²) in [5.74, 6) is 0. The standard InChI is InChI=1S/C10H8F3NO/c1-2-8-7-5-6(10(11,12)13)3-4-9(7)15-14-8/h3-5H,2H2,1H3. The average molecular weight is 215 g/mol. The first-order valence-electron chi connectivity index (χ1n) is 4.48. The van der Waals surface area contributed by atoms with Crippen LogP contribution in [0.1, 0.15) is 18.2 Å². The molecule has 0 bridgehead atoms. The maximum absolute atomic E-state index is 12.4. The molecule has 0 amide bonds. The Morgan fingerprint density at radius 3 is 2.67 bits per heavy atom. The van der Waals surface area contributed by atoms with E-state index in [9.17, 15) is 13.2 Å². The Bertz CT molecular complexity index is 487. The van der Waals surface area contributed by atoms with Gasteiger partial charge in [0.1, 0.15) is 0 Å². The summed E-state index contributed by atoms with van der Waals surface area (Å²) in [6, 6.07) is 3.36. The van der Waals surface area contributed by atoms with E-state index in [0.717, 1.165) is 12.1 Å². The Morgan fingerprint density at radius 1 is 1.33 bits per heavy atom. The molecule has 2 rings (SSSR count). The lowest BCUT2D eigenvalue weighted by atomic mass is 10.1. The molecule has 1 aromatic carbocycles. The summed E-state index contributed by atoms with van der Waals surface area (Å²) in [7, 11) is 0. The van der Waals surface area contributed by atoms with Gasteiger partial charge in [-0.3, -0.25) is 0 Å². The van der Waals surface area contributed by atoms with E-state index in [-0.39, 0.29) is 0 Å². The first kappa shape index (κ1) is 10.0. The van der Waals surface area contributed by atoms with Crippen LogP contribution in [0, 0.1) is 0 Å². The van der Waals surface area contributed by atoms with Gasteiger partial charge in [-0.2, -0.15) is 13.2 Å². The lowest BCUT2D eigenvalue weighted by molar-refractivity contribution is -0.137. The van der Waals surface area contributed by atoms with Crippen molar-refractivity contribution in [3.63, 3.8) is 0 Å². The molecule has 0 atom stereocenters. The summed E-state index contributed by atoms with van der Waals surface area (Å²) in [5, 5.41) is 4.13. The number of aryl methyl sites for hydroxylation is 1. The summed E-state index contributed by atoms with van der Waals surface area (Å²) in [4.78, 5) is 0. The highest BCUT2D eigenvalue weighted by Crippen LogP contribution is 2.32. The third-order valence-electron chi connectivity index (χ3n) is 2.21. The maximum Gasteiger partial charge on any atom is 0.416 e. The van der Waals surface area contributed by atoms with Gasteiger partial charge >= 0.3 is 6.18 Å². The van der Waals surface area contributed by atoms with Crippen LogP contribution in [-0.2, 0) is 12.6 Å². The van der Waals surface area contributed by atoms with Gasteiger partial charge in [-0.15, -0.1) is 0 Å². The van der Waals surface area contributed by atoms with Gasteiger partial charge < -0.3 is 4.52 Å². The number of benzene rings is 1. The molecule has 0 unspecified atom stereocenters. The molecule has 0 N–H and O–H groups in total. The van der Waals surface area contributed by atoms with E-state index in [0.29, 0.717) is 23.1 Å². The first-order chi connectivity index (χ1) is 7.02. The van der Waals surface area contributed by atoms with Crippen molar-refractivity contribution in [1.29, 1.82) is 0 Å². The number of hydrogen-bond acceptors (Lipinski definition) is 2. The van der Waals surface area contributed by atoms with E-state index in [2.05, 4.69) is 5.16 Å². The van der Waals surface area contributed by atoms with E-state index in [1.165, 1.54) is 6.07 Å². The smallest absolute Gasteiger partial charge is 0.356 e. The van der Waals surface area contributed by atoms with Crippen LogP contribution in [0.2, 0.25) is 0 Å². The normalized spacial score (nSPS) is 12.3. The highest BCUT2D eigenvalue weighted by Gasteiger charge is 2.31. The Balaban J connectivity index is 2.63. The first-order valence-corrected chi connectivity index (χ1v) is 4.48. The Labute approximate surface area is 83.7 Å². The molecule has 1 heterocycles. The molecule has 0 saturated carbocycles. The van der Waals surface area contributed by atoms with Gasteiger partial charge in [0.15, 0.2) is 5.58 Å². The van der Waals surface area contributed by atoms with Crippen LogP contribution in [-0.4, -0.2) is 5.16 Å². The summed E-state index contributed by atoms with van der Waals surface area (Å²) in [5.41, 5.74) is 0.267. The summed E-state index contributed by atoms with van der Waals surface area (Å²) >= 11 is 0. The quantitative estimate of drug-likeness (QED) is 0.728. The second-order valence-electron chi connectivity index (χ2n) is 3.19. The number of nitrogens with zero attached hydrogens (tertiary/aromatic N) is 1. The van der Waals surface area contributed by atoms with E-state index in [1.54, 1.807) is 0 Å². The fourth-order valence-corrected chi connectivity index (χ4v) is 1.42. The third kappa shape index (κ3) is 1.69. The molecule has 2 nitrogen and oxygen atoms in total. The molecule has 0 aliphatic carbocycles. The average Bonchev–Trinajstić information content (AvgIpc) is 2.57. The molecule has 0 aliphatic rings. The Hall–Kier alpha value is -1.52. The van der Waals surface area contributed by atoms with Gasteiger partial charge in [0.05, 0.1) is 11.3 Å². The van der Waals surface area contributed by atoms with Crippen LogP contribution < -0.4 is 0 Å². The fourth-order valence-electron chi connectivity index (χ4n) is 1.42. The highest BCUT2D eigenvalue weighted by atomic mass is 19.4. The SMILES string of the molecule is CCc1noc2ccc(C(F)(F)F)cc12. The number of alkyl halides is 3. The van der Waals surface area contributed by atoms with Gasteiger partial charge in [-0.1, -0.05) is 12.1 Å². The molecule has 5 heteroatoms. The van der Waals surface area contributed by atoms with Crippen LogP contribution >= 0.6 is 0 Å². The van der Waals surface area contributed by atoms with Crippen molar-refractivity contribution in [2.75, 3.05) is 0 Å². The predicted molar refractivity (Wildman–Crippen MR) is 48.4 cm³/mol. The molecular formula is C10H8F3NO. The zero-order valence-corrected chi connectivity index (χ0v) is 7.93. The van der Waals surface area contributed by atoms with Crippen LogP contribution in [0.25, 0.3) is 11.0 Å². The zero-order valence-electron chi connectivity index (χ0n) is 7.93. The number of halogens is 3. The Morgan fingerprint density at radius 2 is 2.07 bits per heavy atom. The maximum atomic E-state index is 12.4. The monoisotopic (exact) mass is 215 g/mol. The lowest BCUT2D eigenvalue weighted by Gasteiger charge is -2.05. The van der Waals surface area contributed by atoms with Crippen molar-refractivity contribution >= 4 is 11.0 Å². The molecule has 0 spiro atoms. The zero-order chi connectivity index (χ0) is 11.1. The largest absolute Gasteiger partial charge is 0.416 e. The van der Waals surface area contributed by atoms with E-state index in [4.69, 9.17) is 4.52 Å². The topological polar surface area (TPSA) is 26.0 Å². The second-order valence-corrected chi connectivity index (χ2v) is 3.19. The van der Waals surface area contributed by atoms with Crippen molar-refractivity contribution in [3.8, 4) is 0 Å². The molecular weight excluding hydrogens is 207 g/mol. The molecule has 0 aliphatic heterocycles. The third-order valence-corrected chi connectivity index (χ3v) is 2.21. The van der Waals surface area contributed by atoms with Gasteiger partial charge in [0.2, 0.25) is 0 Å². The summed E-state index contributed by atoms with van der Waals surface area (Å²) in [6.45, 7) is 1.82. The molecule has 15 heavy (non-hydrogen) atoms. The van der Waals surface area contributed by atoms with E-state index < -0.39 is 11.7 Å². The number of fused-ring (bicyclic) bond motifs is 1. The van der Waals surface area contributed by atoms with Gasteiger partial charge in [-0.25, -0.2) is 0 Å².